The van der Waals surface area contributed by atoms with Crippen LogP contribution < -0.4 is 10.4 Å². The van der Waals surface area contributed by atoms with Crippen LogP contribution in [0, 0.1) is 13.8 Å². The van der Waals surface area contributed by atoms with Crippen molar-refractivity contribution in [3.05, 3.63) is 48.9 Å². The topological polar surface area (TPSA) is 104 Å². The van der Waals surface area contributed by atoms with Crippen molar-refractivity contribution in [2.24, 2.45) is 0 Å². The van der Waals surface area contributed by atoms with Gasteiger partial charge < -0.3 is 4.90 Å². The van der Waals surface area contributed by atoms with E-state index in [4.69, 9.17) is 11.6 Å². The van der Waals surface area contributed by atoms with Gasteiger partial charge in [-0.1, -0.05) is 11.6 Å². The number of nitrogens with zero attached hydrogens (tertiary/aromatic N) is 6. The Labute approximate surface area is 198 Å². The van der Waals surface area contributed by atoms with E-state index >= 15 is 0 Å². The number of piperidine rings is 1. The maximum atomic E-state index is 12.8. The zero-order valence-corrected chi connectivity index (χ0v) is 20.2. The number of hydrogen-bond donors (Lipinski definition) is 1. The van der Waals surface area contributed by atoms with Crippen LogP contribution in [-0.4, -0.2) is 57.0 Å². The quantitative estimate of drug-likeness (QED) is 0.545. The Morgan fingerprint density at radius 2 is 1.94 bits per heavy atom. The van der Waals surface area contributed by atoms with E-state index in [1.165, 1.54) is 27.7 Å². The van der Waals surface area contributed by atoms with Crippen LogP contribution in [0.25, 0.3) is 0 Å². The van der Waals surface area contributed by atoms with Gasteiger partial charge in [0.25, 0.3) is 11.8 Å². The van der Waals surface area contributed by atoms with E-state index in [9.17, 15) is 9.59 Å². The van der Waals surface area contributed by atoms with Crippen molar-refractivity contribution < 1.29 is 9.59 Å². The van der Waals surface area contributed by atoms with E-state index < -0.39 is 0 Å². The first-order chi connectivity index (χ1) is 15.3. The molecule has 12 heteroatoms. The highest BCUT2D eigenvalue weighted by Gasteiger charge is 2.28. The van der Waals surface area contributed by atoms with Crippen LogP contribution in [0.5, 0.6) is 0 Å². The zero-order chi connectivity index (χ0) is 22.8. The molecule has 168 valence electrons. The van der Waals surface area contributed by atoms with Crippen molar-refractivity contribution in [1.82, 2.24) is 30.5 Å². The molecular formula is C20H22ClN7O2S2. The van der Waals surface area contributed by atoms with Crippen LogP contribution in [0.2, 0.25) is 5.15 Å². The first-order valence-corrected chi connectivity index (χ1v) is 12.1. The lowest BCUT2D eigenvalue weighted by Crippen LogP contribution is -2.40. The highest BCUT2D eigenvalue weighted by atomic mass is 35.5. The fraction of sp³-hybridized carbons (Fsp3) is 0.400. The molecule has 4 heterocycles. The molecule has 0 atom stereocenters. The minimum absolute atomic E-state index is 0.0547. The van der Waals surface area contributed by atoms with Crippen molar-refractivity contribution >= 4 is 51.9 Å². The number of aromatic nitrogens is 4. The Hall–Kier alpha value is -2.63. The number of carbonyl (C=O) groups excluding carboxylic acids is 2. The summed E-state index contributed by atoms with van der Waals surface area (Å²) < 4.78 is 0. The summed E-state index contributed by atoms with van der Waals surface area (Å²) >= 11 is 8.67. The number of hydrazine groups is 1. The van der Waals surface area contributed by atoms with Gasteiger partial charge in [0.2, 0.25) is 0 Å². The Morgan fingerprint density at radius 3 is 2.56 bits per heavy atom. The normalized spacial score (nSPS) is 14.4. The molecule has 1 aliphatic rings. The molecule has 0 aliphatic carbocycles. The van der Waals surface area contributed by atoms with Gasteiger partial charge in [-0.05, 0) is 38.8 Å². The summed E-state index contributed by atoms with van der Waals surface area (Å²) in [6.45, 7) is 5.12. The van der Waals surface area contributed by atoms with Gasteiger partial charge in [-0.2, -0.15) is 0 Å². The van der Waals surface area contributed by atoms with Crippen LogP contribution >= 0.6 is 34.3 Å². The van der Waals surface area contributed by atoms with Crippen molar-refractivity contribution in [2.75, 3.05) is 25.1 Å². The first-order valence-electron chi connectivity index (χ1n) is 10.0. The first kappa shape index (κ1) is 22.6. The molecule has 3 aromatic heterocycles. The smallest absolute Gasteiger partial charge is 0.289 e. The van der Waals surface area contributed by atoms with Gasteiger partial charge in [0, 0.05) is 31.4 Å². The number of aryl methyl sites for hydroxylation is 2. The fourth-order valence-corrected chi connectivity index (χ4v) is 5.50. The third-order valence-electron chi connectivity index (χ3n) is 5.21. The van der Waals surface area contributed by atoms with Gasteiger partial charge in [0.1, 0.15) is 10.6 Å². The molecule has 2 amide bonds. The maximum absolute atomic E-state index is 12.8. The second kappa shape index (κ2) is 9.47. The van der Waals surface area contributed by atoms with Crippen LogP contribution in [0.3, 0.4) is 0 Å². The number of carbonyl (C=O) groups is 2. The van der Waals surface area contributed by atoms with E-state index in [1.807, 2.05) is 18.7 Å². The summed E-state index contributed by atoms with van der Waals surface area (Å²) in [7, 11) is 1.67. The summed E-state index contributed by atoms with van der Waals surface area (Å²) in [6, 6.07) is 3.26. The number of hydrogen-bond acceptors (Lipinski definition) is 9. The lowest BCUT2D eigenvalue weighted by Gasteiger charge is -2.30. The number of anilines is 1. The summed E-state index contributed by atoms with van der Waals surface area (Å²) in [4.78, 5) is 36.9. The van der Waals surface area contributed by atoms with E-state index in [-0.39, 0.29) is 22.9 Å². The minimum Gasteiger partial charge on any atom is -0.338 e. The Morgan fingerprint density at radius 1 is 1.19 bits per heavy atom. The van der Waals surface area contributed by atoms with Crippen LogP contribution in [-0.2, 0) is 0 Å². The molecule has 0 saturated carbocycles. The second-order valence-electron chi connectivity index (χ2n) is 7.50. The average molecular weight is 492 g/mol. The number of nitrogens with one attached hydrogen (secondary N) is 1. The SMILES string of the molecule is Cc1nc(C)c(C(=O)N2CCC(c3nc(C(=O)NN(C)c4ccc(Cl)nn4)cs3)CC2)s1. The predicted octanol–water partition coefficient (Wildman–Crippen LogP) is 3.46. The number of thiazole rings is 2. The highest BCUT2D eigenvalue weighted by molar-refractivity contribution is 7.13. The lowest BCUT2D eigenvalue weighted by atomic mass is 9.97. The highest BCUT2D eigenvalue weighted by Crippen LogP contribution is 2.31. The molecule has 4 rings (SSSR count). The molecule has 0 radical (unpaired) electrons. The van der Waals surface area contributed by atoms with E-state index in [2.05, 4.69) is 25.6 Å². The van der Waals surface area contributed by atoms with Gasteiger partial charge >= 0.3 is 0 Å². The van der Waals surface area contributed by atoms with Crippen molar-refractivity contribution in [3.63, 3.8) is 0 Å². The van der Waals surface area contributed by atoms with E-state index in [1.54, 1.807) is 24.6 Å². The number of amides is 2. The molecule has 3 aromatic rings. The summed E-state index contributed by atoms with van der Waals surface area (Å²) in [5.74, 6) is 0.422. The number of halogens is 1. The van der Waals surface area contributed by atoms with Gasteiger partial charge in [-0.25, -0.2) is 9.97 Å². The monoisotopic (exact) mass is 491 g/mol. The molecule has 1 N–H and O–H groups in total. The van der Waals surface area contributed by atoms with E-state index in [0.717, 1.165) is 33.4 Å². The Kier molecular flexibility index (Phi) is 6.68. The minimum atomic E-state index is -0.324. The Bertz CT molecular complexity index is 1120. The Balaban J connectivity index is 1.34. The van der Waals surface area contributed by atoms with Gasteiger partial charge in [0.15, 0.2) is 11.0 Å². The summed E-state index contributed by atoms with van der Waals surface area (Å²) in [6.07, 6.45) is 1.63. The average Bonchev–Trinajstić information content (AvgIpc) is 3.40. The van der Waals surface area contributed by atoms with Gasteiger partial charge in [-0.3, -0.25) is 20.0 Å². The summed E-state index contributed by atoms with van der Waals surface area (Å²) in [5.41, 5.74) is 3.88. The van der Waals surface area contributed by atoms with Crippen molar-refractivity contribution in [2.45, 2.75) is 32.6 Å². The largest absolute Gasteiger partial charge is 0.338 e. The molecule has 0 bridgehead atoms. The summed E-state index contributed by atoms with van der Waals surface area (Å²) in [5, 5.41) is 13.0. The molecule has 9 nitrogen and oxygen atoms in total. The van der Waals surface area contributed by atoms with Crippen molar-refractivity contribution in [1.29, 1.82) is 0 Å². The van der Waals surface area contributed by atoms with Crippen LogP contribution in [0.4, 0.5) is 5.82 Å². The molecule has 32 heavy (non-hydrogen) atoms. The molecule has 1 saturated heterocycles. The lowest BCUT2D eigenvalue weighted by molar-refractivity contribution is 0.0717. The van der Waals surface area contributed by atoms with Gasteiger partial charge in [-0.15, -0.1) is 32.9 Å². The fourth-order valence-electron chi connectivity index (χ4n) is 3.54. The molecule has 1 aliphatic heterocycles. The third-order valence-corrected chi connectivity index (χ3v) is 7.48. The number of rotatable bonds is 5. The third kappa shape index (κ3) is 4.89. The van der Waals surface area contributed by atoms with Crippen LogP contribution in [0.1, 0.15) is 54.6 Å². The molecule has 0 aromatic carbocycles. The van der Waals surface area contributed by atoms with E-state index in [0.29, 0.717) is 24.6 Å². The van der Waals surface area contributed by atoms with Crippen LogP contribution in [0.15, 0.2) is 17.5 Å². The predicted molar refractivity (Wildman–Crippen MR) is 124 cm³/mol. The molecule has 0 spiro atoms. The zero-order valence-electron chi connectivity index (χ0n) is 17.8. The van der Waals surface area contributed by atoms with Crippen molar-refractivity contribution in [3.8, 4) is 0 Å². The standard InChI is InChI=1S/C20H22ClN7O2S2/c1-11-17(32-12(2)22-11)20(30)28-8-6-13(7-9-28)19-23-14(10-31-19)18(29)26-27(3)16-5-4-15(21)24-25-16/h4-5,10,13H,6-9H2,1-3H3,(H,26,29). The molecule has 1 fully saturated rings. The number of likely N-dealkylation sites (tertiary alicyclic amines) is 1. The maximum Gasteiger partial charge on any atom is 0.289 e. The second-order valence-corrected chi connectivity index (χ2v) is 9.98. The van der Waals surface area contributed by atoms with Gasteiger partial charge in [0.05, 0.1) is 15.7 Å². The molecule has 0 unspecified atom stereocenters. The molecular weight excluding hydrogens is 470 g/mol.